The average Bonchev–Trinajstić information content (AvgIpc) is 2.43. The molecular weight excluding hydrogens is 248 g/mol. The van der Waals surface area contributed by atoms with Gasteiger partial charge in [-0.05, 0) is 49.6 Å². The highest BCUT2D eigenvalue weighted by atomic mass is 16.5. The van der Waals surface area contributed by atoms with E-state index in [0.29, 0.717) is 6.42 Å². The number of carbonyl (C=O) groups excluding carboxylic acids is 1. The van der Waals surface area contributed by atoms with Crippen molar-refractivity contribution in [3.8, 4) is 5.75 Å². The van der Waals surface area contributed by atoms with Gasteiger partial charge in [-0.25, -0.2) is 0 Å². The molecule has 0 aromatic heterocycles. The summed E-state index contributed by atoms with van der Waals surface area (Å²) in [6, 6.07) is 11.7. The molecular formula is C18H20O2. The summed E-state index contributed by atoms with van der Waals surface area (Å²) < 4.78 is 5.30. The second-order valence-corrected chi connectivity index (χ2v) is 5.16. The maximum atomic E-state index is 12.5. The third-order valence-electron chi connectivity index (χ3n) is 3.68. The van der Waals surface area contributed by atoms with Crippen molar-refractivity contribution >= 4 is 5.78 Å². The Kier molecular flexibility index (Phi) is 4.23. The van der Waals surface area contributed by atoms with Crippen molar-refractivity contribution in [1.82, 2.24) is 0 Å². The maximum absolute atomic E-state index is 12.5. The van der Waals surface area contributed by atoms with Crippen LogP contribution in [0.5, 0.6) is 5.75 Å². The summed E-state index contributed by atoms with van der Waals surface area (Å²) in [7, 11) is 1.63. The third kappa shape index (κ3) is 2.90. The lowest BCUT2D eigenvalue weighted by atomic mass is 9.95. The van der Waals surface area contributed by atoms with Gasteiger partial charge in [0.05, 0.1) is 7.11 Å². The summed E-state index contributed by atoms with van der Waals surface area (Å²) in [5, 5.41) is 0. The van der Waals surface area contributed by atoms with E-state index in [1.165, 1.54) is 5.56 Å². The number of Topliss-reactive ketones (excluding diaryl/α,β-unsaturated/α-hetero) is 1. The lowest BCUT2D eigenvalue weighted by molar-refractivity contribution is 0.0991. The molecule has 2 aromatic carbocycles. The molecule has 20 heavy (non-hydrogen) atoms. The standard InChI is InChI=1S/C18H20O2/c1-12-9-14(3)16(10-13(12)2)17(19)11-15-7-5-6-8-18(15)20-4/h5-10H,11H2,1-4H3. The van der Waals surface area contributed by atoms with Gasteiger partial charge in [-0.1, -0.05) is 24.3 Å². The zero-order valence-electron chi connectivity index (χ0n) is 12.5. The highest BCUT2D eigenvalue weighted by molar-refractivity contribution is 5.99. The summed E-state index contributed by atoms with van der Waals surface area (Å²) in [4.78, 5) is 12.5. The summed E-state index contributed by atoms with van der Waals surface area (Å²) in [5.74, 6) is 0.900. The van der Waals surface area contributed by atoms with Crippen molar-refractivity contribution in [1.29, 1.82) is 0 Å². The van der Waals surface area contributed by atoms with Crippen LogP contribution >= 0.6 is 0 Å². The lowest BCUT2D eigenvalue weighted by Gasteiger charge is -2.11. The van der Waals surface area contributed by atoms with Crippen LogP contribution in [0.25, 0.3) is 0 Å². The Morgan fingerprint density at radius 2 is 1.65 bits per heavy atom. The van der Waals surface area contributed by atoms with Crippen molar-refractivity contribution < 1.29 is 9.53 Å². The minimum absolute atomic E-state index is 0.134. The molecule has 0 heterocycles. The van der Waals surface area contributed by atoms with Crippen LogP contribution in [0.4, 0.5) is 0 Å². The number of hydrogen-bond acceptors (Lipinski definition) is 2. The van der Waals surface area contributed by atoms with Gasteiger partial charge in [-0.2, -0.15) is 0 Å². The predicted octanol–water partition coefficient (Wildman–Crippen LogP) is 4.05. The molecule has 2 heteroatoms. The minimum atomic E-state index is 0.134. The van der Waals surface area contributed by atoms with Crippen LogP contribution < -0.4 is 4.74 Å². The molecule has 0 fully saturated rings. The maximum Gasteiger partial charge on any atom is 0.167 e. The predicted molar refractivity (Wildman–Crippen MR) is 81.7 cm³/mol. The van der Waals surface area contributed by atoms with Gasteiger partial charge >= 0.3 is 0 Å². The van der Waals surface area contributed by atoms with Crippen LogP contribution in [-0.2, 0) is 6.42 Å². The van der Waals surface area contributed by atoms with Gasteiger partial charge in [0, 0.05) is 17.5 Å². The lowest BCUT2D eigenvalue weighted by Crippen LogP contribution is -2.07. The minimum Gasteiger partial charge on any atom is -0.496 e. The summed E-state index contributed by atoms with van der Waals surface area (Å²) in [6.45, 7) is 6.09. The van der Waals surface area contributed by atoms with Crippen molar-refractivity contribution in [2.45, 2.75) is 27.2 Å². The SMILES string of the molecule is COc1ccccc1CC(=O)c1cc(C)c(C)cc1C. The fraction of sp³-hybridized carbons (Fsp3) is 0.278. The van der Waals surface area contributed by atoms with Gasteiger partial charge in [-0.3, -0.25) is 4.79 Å². The first kappa shape index (κ1) is 14.3. The Morgan fingerprint density at radius 3 is 2.35 bits per heavy atom. The number of aryl methyl sites for hydroxylation is 3. The zero-order chi connectivity index (χ0) is 14.7. The highest BCUT2D eigenvalue weighted by Crippen LogP contribution is 2.22. The van der Waals surface area contributed by atoms with Crippen LogP contribution in [0.15, 0.2) is 36.4 Å². The second kappa shape index (κ2) is 5.91. The van der Waals surface area contributed by atoms with Gasteiger partial charge in [0.25, 0.3) is 0 Å². The molecule has 2 rings (SSSR count). The molecule has 0 unspecified atom stereocenters. The molecule has 0 aliphatic carbocycles. The van der Waals surface area contributed by atoms with E-state index < -0.39 is 0 Å². The average molecular weight is 268 g/mol. The van der Waals surface area contributed by atoms with E-state index in [2.05, 4.69) is 13.0 Å². The molecule has 0 saturated heterocycles. The molecule has 0 radical (unpaired) electrons. The fourth-order valence-corrected chi connectivity index (χ4v) is 2.38. The number of rotatable bonds is 4. The van der Waals surface area contributed by atoms with Gasteiger partial charge < -0.3 is 4.74 Å². The first-order chi connectivity index (χ1) is 9.52. The third-order valence-corrected chi connectivity index (χ3v) is 3.68. The fourth-order valence-electron chi connectivity index (χ4n) is 2.38. The van der Waals surface area contributed by atoms with Crippen molar-refractivity contribution in [2.75, 3.05) is 7.11 Å². The van der Waals surface area contributed by atoms with E-state index in [9.17, 15) is 4.79 Å². The summed E-state index contributed by atoms with van der Waals surface area (Å²) in [6.07, 6.45) is 0.368. The number of methoxy groups -OCH3 is 1. The number of para-hydroxylation sites is 1. The Balaban J connectivity index is 2.31. The Bertz CT molecular complexity index is 642. The van der Waals surface area contributed by atoms with Crippen LogP contribution in [0, 0.1) is 20.8 Å². The quantitative estimate of drug-likeness (QED) is 0.782. The van der Waals surface area contributed by atoms with Gasteiger partial charge in [0.2, 0.25) is 0 Å². The Morgan fingerprint density at radius 1 is 1.00 bits per heavy atom. The first-order valence-electron chi connectivity index (χ1n) is 6.76. The molecule has 0 aliphatic heterocycles. The Hall–Kier alpha value is -2.09. The van der Waals surface area contributed by atoms with Crippen LogP contribution in [0.1, 0.15) is 32.6 Å². The van der Waals surface area contributed by atoms with E-state index in [1.54, 1.807) is 7.11 Å². The molecule has 0 atom stereocenters. The van der Waals surface area contributed by atoms with Crippen LogP contribution in [-0.4, -0.2) is 12.9 Å². The largest absolute Gasteiger partial charge is 0.496 e. The van der Waals surface area contributed by atoms with E-state index in [0.717, 1.165) is 28.0 Å². The number of benzene rings is 2. The second-order valence-electron chi connectivity index (χ2n) is 5.16. The van der Waals surface area contributed by atoms with Gasteiger partial charge in [-0.15, -0.1) is 0 Å². The Labute approximate surface area is 120 Å². The zero-order valence-corrected chi connectivity index (χ0v) is 12.5. The summed E-state index contributed by atoms with van der Waals surface area (Å²) >= 11 is 0. The van der Waals surface area contributed by atoms with Crippen molar-refractivity contribution in [2.24, 2.45) is 0 Å². The van der Waals surface area contributed by atoms with Crippen LogP contribution in [0.3, 0.4) is 0 Å². The topological polar surface area (TPSA) is 26.3 Å². The van der Waals surface area contributed by atoms with Crippen LogP contribution in [0.2, 0.25) is 0 Å². The molecule has 2 nitrogen and oxygen atoms in total. The molecule has 2 aromatic rings. The molecule has 0 spiro atoms. The molecule has 0 aliphatic rings. The van der Waals surface area contributed by atoms with Gasteiger partial charge in [0.1, 0.15) is 5.75 Å². The van der Waals surface area contributed by atoms with Crippen molar-refractivity contribution in [3.05, 3.63) is 64.2 Å². The van der Waals surface area contributed by atoms with E-state index in [4.69, 9.17) is 4.74 Å². The van der Waals surface area contributed by atoms with E-state index >= 15 is 0 Å². The van der Waals surface area contributed by atoms with E-state index in [-0.39, 0.29) is 5.78 Å². The normalized spacial score (nSPS) is 10.4. The number of ketones is 1. The number of ether oxygens (including phenoxy) is 1. The molecule has 0 bridgehead atoms. The number of hydrogen-bond donors (Lipinski definition) is 0. The number of carbonyl (C=O) groups is 1. The molecule has 0 amide bonds. The van der Waals surface area contributed by atoms with Gasteiger partial charge in [0.15, 0.2) is 5.78 Å². The van der Waals surface area contributed by atoms with E-state index in [1.807, 2.05) is 44.2 Å². The van der Waals surface area contributed by atoms with Crippen molar-refractivity contribution in [3.63, 3.8) is 0 Å². The summed E-state index contributed by atoms with van der Waals surface area (Å²) in [5.41, 5.74) is 5.14. The highest BCUT2D eigenvalue weighted by Gasteiger charge is 2.13. The molecule has 0 saturated carbocycles. The monoisotopic (exact) mass is 268 g/mol. The molecule has 104 valence electrons. The first-order valence-corrected chi connectivity index (χ1v) is 6.76. The molecule has 0 N–H and O–H groups in total. The smallest absolute Gasteiger partial charge is 0.167 e.